The van der Waals surface area contributed by atoms with E-state index in [1.54, 1.807) is 4.90 Å². The Labute approximate surface area is 191 Å². The van der Waals surface area contributed by atoms with Crippen LogP contribution in [0, 0.1) is 12.3 Å². The van der Waals surface area contributed by atoms with E-state index in [0.717, 1.165) is 27.9 Å². The van der Waals surface area contributed by atoms with Crippen LogP contribution in [0.2, 0.25) is 0 Å². The number of hydrogen-bond donors (Lipinski definition) is 2. The smallest absolute Gasteiger partial charge is 0.336 e. The number of thiophene rings is 1. The first kappa shape index (κ1) is 21.6. The number of carbonyl (C=O) groups excluding carboxylic acids is 2. The van der Waals surface area contributed by atoms with Gasteiger partial charge in [-0.15, -0.1) is 11.3 Å². The molecule has 5 rings (SSSR count). The molecule has 0 unspecified atom stereocenters. The van der Waals surface area contributed by atoms with Crippen molar-refractivity contribution in [2.45, 2.75) is 32.0 Å². The van der Waals surface area contributed by atoms with Gasteiger partial charge in [0.15, 0.2) is 0 Å². The van der Waals surface area contributed by atoms with Crippen LogP contribution in [0.4, 0.5) is 23.7 Å². The van der Waals surface area contributed by atoms with Gasteiger partial charge in [-0.3, -0.25) is 4.79 Å². The van der Waals surface area contributed by atoms with Crippen LogP contribution in [-0.4, -0.2) is 45.9 Å². The summed E-state index contributed by atoms with van der Waals surface area (Å²) in [6.07, 6.45) is -1.63. The molecule has 3 aromatic rings. The van der Waals surface area contributed by atoms with E-state index in [-0.39, 0.29) is 23.1 Å². The standard InChI is InChI=1S/C22H20F3N5O2S/c1-12-8-33-18-16(12)26-11-27-17(18)19(31)30-9-21(10-30)6-15(7-21)29-20(32)28-14-4-2-3-13(5-14)22(23,24)25/h2-5,8,11,15H,6-7,9-10H2,1H3,(H2,28,29,32). The highest BCUT2D eigenvalue weighted by atomic mass is 32.1. The fourth-order valence-corrected chi connectivity index (χ4v) is 5.63. The quantitative estimate of drug-likeness (QED) is 0.586. The monoisotopic (exact) mass is 475 g/mol. The fraction of sp³-hybridized carbons (Fsp3) is 0.364. The molecule has 0 radical (unpaired) electrons. The van der Waals surface area contributed by atoms with Gasteiger partial charge in [0.1, 0.15) is 12.0 Å². The lowest BCUT2D eigenvalue weighted by Gasteiger charge is -2.58. The Morgan fingerprint density at radius 2 is 1.97 bits per heavy atom. The van der Waals surface area contributed by atoms with E-state index in [1.807, 2.05) is 12.3 Å². The van der Waals surface area contributed by atoms with Crippen molar-refractivity contribution in [1.29, 1.82) is 0 Å². The maximum Gasteiger partial charge on any atom is 0.416 e. The third kappa shape index (κ3) is 4.01. The number of carbonyl (C=O) groups is 2. The van der Waals surface area contributed by atoms with Crippen molar-refractivity contribution >= 4 is 39.2 Å². The number of aryl methyl sites for hydroxylation is 1. The lowest BCUT2D eigenvalue weighted by Crippen LogP contribution is -2.67. The number of hydrogen-bond acceptors (Lipinski definition) is 5. The number of halogens is 3. The third-order valence-electron chi connectivity index (χ3n) is 6.22. The van der Waals surface area contributed by atoms with Crippen molar-refractivity contribution in [1.82, 2.24) is 20.2 Å². The number of nitrogens with one attached hydrogen (secondary N) is 2. The molecule has 2 N–H and O–H groups in total. The summed E-state index contributed by atoms with van der Waals surface area (Å²) in [7, 11) is 0. The highest BCUT2D eigenvalue weighted by Gasteiger charge is 2.54. The van der Waals surface area contributed by atoms with Gasteiger partial charge in [-0.05, 0) is 48.9 Å². The largest absolute Gasteiger partial charge is 0.416 e. The van der Waals surface area contributed by atoms with Gasteiger partial charge in [-0.2, -0.15) is 13.2 Å². The Bertz CT molecular complexity index is 1240. The molecule has 2 fully saturated rings. The highest BCUT2D eigenvalue weighted by molar-refractivity contribution is 7.17. The Kier molecular flexibility index (Phi) is 5.04. The lowest BCUT2D eigenvalue weighted by molar-refractivity contribution is -0.137. The van der Waals surface area contributed by atoms with E-state index in [9.17, 15) is 22.8 Å². The second kappa shape index (κ2) is 7.68. The number of aromatic nitrogens is 2. The van der Waals surface area contributed by atoms with Crippen molar-refractivity contribution in [2.24, 2.45) is 5.41 Å². The summed E-state index contributed by atoms with van der Waals surface area (Å²) < 4.78 is 39.3. The summed E-state index contributed by atoms with van der Waals surface area (Å²) >= 11 is 1.46. The molecule has 0 bridgehead atoms. The van der Waals surface area contributed by atoms with Crippen LogP contribution in [0.15, 0.2) is 36.0 Å². The van der Waals surface area contributed by atoms with Gasteiger partial charge in [-0.25, -0.2) is 14.8 Å². The van der Waals surface area contributed by atoms with E-state index in [2.05, 4.69) is 20.6 Å². The minimum Gasteiger partial charge on any atom is -0.336 e. The first-order valence-electron chi connectivity index (χ1n) is 10.4. The van der Waals surface area contributed by atoms with Crippen LogP contribution in [-0.2, 0) is 6.18 Å². The minimum absolute atomic E-state index is 0.0265. The molecule has 1 saturated carbocycles. The van der Waals surface area contributed by atoms with Crippen molar-refractivity contribution in [3.63, 3.8) is 0 Å². The number of likely N-dealkylation sites (tertiary alicyclic amines) is 1. The topological polar surface area (TPSA) is 87.2 Å². The summed E-state index contributed by atoms with van der Waals surface area (Å²) in [5, 5.41) is 7.21. The number of fused-ring (bicyclic) bond motifs is 1. The van der Waals surface area contributed by atoms with Crippen molar-refractivity contribution < 1.29 is 22.8 Å². The van der Waals surface area contributed by atoms with Gasteiger partial charge in [0.05, 0.1) is 15.8 Å². The molecule has 33 heavy (non-hydrogen) atoms. The van der Waals surface area contributed by atoms with Gasteiger partial charge >= 0.3 is 12.2 Å². The minimum atomic E-state index is -4.47. The normalized spacial score (nSPS) is 17.5. The number of urea groups is 1. The molecule has 3 heterocycles. The summed E-state index contributed by atoms with van der Waals surface area (Å²) in [5.74, 6) is -0.117. The first-order valence-corrected chi connectivity index (χ1v) is 11.2. The zero-order valence-corrected chi connectivity index (χ0v) is 18.4. The van der Waals surface area contributed by atoms with Crippen molar-refractivity contribution in [3.8, 4) is 0 Å². The molecule has 11 heteroatoms. The maximum atomic E-state index is 12.9. The van der Waals surface area contributed by atoms with Crippen LogP contribution < -0.4 is 10.6 Å². The predicted octanol–water partition coefficient (Wildman–Crippen LogP) is 4.44. The zero-order chi connectivity index (χ0) is 23.4. The molecule has 2 aliphatic rings. The maximum absolute atomic E-state index is 12.9. The Balaban J connectivity index is 1.13. The molecular formula is C22H20F3N5O2S. The summed E-state index contributed by atoms with van der Waals surface area (Å²) in [5.41, 5.74) is 1.47. The number of benzene rings is 1. The van der Waals surface area contributed by atoms with Crippen LogP contribution in [0.1, 0.15) is 34.5 Å². The van der Waals surface area contributed by atoms with Gasteiger partial charge in [-0.1, -0.05) is 6.07 Å². The molecule has 1 aliphatic carbocycles. The summed E-state index contributed by atoms with van der Waals surface area (Å²) in [6, 6.07) is 3.88. The summed E-state index contributed by atoms with van der Waals surface area (Å²) in [6.45, 7) is 3.13. The average molecular weight is 475 g/mol. The Morgan fingerprint density at radius 3 is 2.70 bits per heavy atom. The molecule has 3 amide bonds. The highest BCUT2D eigenvalue weighted by Crippen LogP contribution is 2.49. The predicted molar refractivity (Wildman–Crippen MR) is 117 cm³/mol. The van der Waals surface area contributed by atoms with Crippen molar-refractivity contribution in [3.05, 3.63) is 52.8 Å². The van der Waals surface area contributed by atoms with Gasteiger partial charge in [0.25, 0.3) is 5.91 Å². The van der Waals surface area contributed by atoms with Gasteiger partial charge in [0.2, 0.25) is 0 Å². The zero-order valence-electron chi connectivity index (χ0n) is 17.6. The lowest BCUT2D eigenvalue weighted by atomic mass is 9.60. The fourth-order valence-electron chi connectivity index (χ4n) is 4.65. The SMILES string of the molecule is Cc1csc2c(C(=O)N3CC4(CC(NC(=O)Nc5cccc(C(F)(F)F)c5)C4)C3)ncnc12. The van der Waals surface area contributed by atoms with Crippen LogP contribution in [0.25, 0.3) is 10.2 Å². The molecule has 1 aliphatic heterocycles. The van der Waals surface area contributed by atoms with E-state index in [0.29, 0.717) is 31.6 Å². The molecule has 1 aromatic carbocycles. The Morgan fingerprint density at radius 1 is 1.21 bits per heavy atom. The second-order valence-electron chi connectivity index (χ2n) is 8.76. The molecule has 1 saturated heterocycles. The molecule has 7 nitrogen and oxygen atoms in total. The van der Waals surface area contributed by atoms with E-state index in [4.69, 9.17) is 0 Å². The van der Waals surface area contributed by atoms with Crippen LogP contribution in [0.3, 0.4) is 0 Å². The molecule has 0 atom stereocenters. The van der Waals surface area contributed by atoms with Gasteiger partial charge in [0, 0.05) is 30.2 Å². The van der Waals surface area contributed by atoms with Crippen LogP contribution >= 0.6 is 11.3 Å². The number of rotatable bonds is 3. The number of anilines is 1. The first-order chi connectivity index (χ1) is 15.6. The van der Waals surface area contributed by atoms with E-state index >= 15 is 0 Å². The van der Waals surface area contributed by atoms with Crippen LogP contribution in [0.5, 0.6) is 0 Å². The third-order valence-corrected chi connectivity index (χ3v) is 7.31. The molecular weight excluding hydrogens is 455 g/mol. The van der Waals surface area contributed by atoms with Crippen molar-refractivity contribution in [2.75, 3.05) is 18.4 Å². The second-order valence-corrected chi connectivity index (χ2v) is 9.64. The average Bonchev–Trinajstić information content (AvgIpc) is 3.09. The van der Waals surface area contributed by atoms with Gasteiger partial charge < -0.3 is 15.5 Å². The number of alkyl halides is 3. The van der Waals surface area contributed by atoms with E-state index in [1.165, 1.54) is 29.8 Å². The molecule has 1 spiro atoms. The number of amides is 3. The molecule has 172 valence electrons. The Hall–Kier alpha value is -3.21. The number of nitrogens with zero attached hydrogens (tertiary/aromatic N) is 3. The molecule has 2 aromatic heterocycles. The van der Waals surface area contributed by atoms with E-state index < -0.39 is 17.8 Å². The summed E-state index contributed by atoms with van der Waals surface area (Å²) in [4.78, 5) is 35.3.